The molecule has 1 aliphatic rings. The van der Waals surface area contributed by atoms with Crippen molar-refractivity contribution in [2.45, 2.75) is 18.9 Å². The summed E-state index contributed by atoms with van der Waals surface area (Å²) in [5.41, 5.74) is 0.812. The summed E-state index contributed by atoms with van der Waals surface area (Å²) >= 11 is 18.7. The Balaban J connectivity index is 2.11. The van der Waals surface area contributed by atoms with Crippen LogP contribution in [-0.4, -0.2) is 21.4 Å². The molecule has 21 heavy (non-hydrogen) atoms. The zero-order valence-corrected chi connectivity index (χ0v) is 13.3. The molecule has 0 radical (unpaired) electrons. The highest BCUT2D eigenvalue weighted by atomic mass is 35.5. The minimum atomic E-state index is -0.0754. The fraction of sp³-hybridized carbons (Fsp3) is 0.286. The van der Waals surface area contributed by atoms with Gasteiger partial charge in [-0.3, -0.25) is 4.57 Å². The van der Waals surface area contributed by atoms with E-state index in [0.717, 1.165) is 24.2 Å². The standard InChI is InChI=1S/C14H12Cl3N3O/c1-2-7-21-10-5-3-8(15)13(16)12(10)9-4-6-11-18-19-14(17)20(9)11/h2-3,5,9H,1,4,6-7H2. The van der Waals surface area contributed by atoms with Gasteiger partial charge in [0.1, 0.15) is 18.2 Å². The molecule has 0 bridgehead atoms. The number of benzene rings is 1. The summed E-state index contributed by atoms with van der Waals surface area (Å²) in [6.07, 6.45) is 3.29. The van der Waals surface area contributed by atoms with Gasteiger partial charge >= 0.3 is 0 Å². The van der Waals surface area contributed by atoms with Gasteiger partial charge in [-0.15, -0.1) is 10.2 Å². The number of aromatic nitrogens is 3. The van der Waals surface area contributed by atoms with Gasteiger partial charge in [0.15, 0.2) is 0 Å². The van der Waals surface area contributed by atoms with Crippen LogP contribution in [0.5, 0.6) is 5.75 Å². The lowest BCUT2D eigenvalue weighted by Crippen LogP contribution is -2.10. The third-order valence-electron chi connectivity index (χ3n) is 3.46. The van der Waals surface area contributed by atoms with E-state index in [1.54, 1.807) is 12.1 Å². The molecule has 1 aromatic carbocycles. The highest BCUT2D eigenvalue weighted by Crippen LogP contribution is 2.44. The van der Waals surface area contributed by atoms with Crippen molar-refractivity contribution >= 4 is 34.8 Å². The van der Waals surface area contributed by atoms with Gasteiger partial charge in [-0.1, -0.05) is 35.9 Å². The van der Waals surface area contributed by atoms with E-state index in [2.05, 4.69) is 16.8 Å². The molecule has 4 nitrogen and oxygen atoms in total. The molecule has 7 heteroatoms. The van der Waals surface area contributed by atoms with Crippen LogP contribution in [0.3, 0.4) is 0 Å². The number of aryl methyl sites for hydroxylation is 1. The van der Waals surface area contributed by atoms with Crippen molar-refractivity contribution in [3.63, 3.8) is 0 Å². The third-order valence-corrected chi connectivity index (χ3v) is 4.54. The van der Waals surface area contributed by atoms with Crippen molar-refractivity contribution in [3.05, 3.63) is 51.5 Å². The minimum Gasteiger partial charge on any atom is -0.489 e. The van der Waals surface area contributed by atoms with Gasteiger partial charge in [-0.25, -0.2) is 0 Å². The molecule has 0 N–H and O–H groups in total. The fourth-order valence-corrected chi connectivity index (χ4v) is 3.28. The molecule has 1 atom stereocenters. The average Bonchev–Trinajstić information content (AvgIpc) is 3.04. The fourth-order valence-electron chi connectivity index (χ4n) is 2.58. The molecular weight excluding hydrogens is 333 g/mol. The van der Waals surface area contributed by atoms with Gasteiger partial charge in [0.25, 0.3) is 0 Å². The van der Waals surface area contributed by atoms with Crippen molar-refractivity contribution in [3.8, 4) is 5.75 Å². The van der Waals surface area contributed by atoms with Crippen LogP contribution in [0.4, 0.5) is 0 Å². The van der Waals surface area contributed by atoms with Gasteiger partial charge in [-0.2, -0.15) is 0 Å². The van der Waals surface area contributed by atoms with Gasteiger partial charge < -0.3 is 4.74 Å². The van der Waals surface area contributed by atoms with Crippen LogP contribution in [0.1, 0.15) is 23.9 Å². The maximum atomic E-state index is 6.41. The van der Waals surface area contributed by atoms with Crippen LogP contribution in [-0.2, 0) is 6.42 Å². The van der Waals surface area contributed by atoms with Crippen molar-refractivity contribution in [2.24, 2.45) is 0 Å². The summed E-state index contributed by atoms with van der Waals surface area (Å²) in [5.74, 6) is 1.52. The van der Waals surface area contributed by atoms with Crippen molar-refractivity contribution in [1.29, 1.82) is 0 Å². The average molecular weight is 345 g/mol. The Morgan fingerprint density at radius 1 is 1.33 bits per heavy atom. The molecule has 1 aromatic heterocycles. The quantitative estimate of drug-likeness (QED) is 0.775. The van der Waals surface area contributed by atoms with Crippen molar-refractivity contribution in [2.75, 3.05) is 6.61 Å². The van der Waals surface area contributed by atoms with Gasteiger partial charge in [0, 0.05) is 12.0 Å². The molecule has 0 fully saturated rings. The minimum absolute atomic E-state index is 0.0754. The lowest BCUT2D eigenvalue weighted by molar-refractivity contribution is 0.354. The van der Waals surface area contributed by atoms with Crippen molar-refractivity contribution < 1.29 is 4.74 Å². The number of hydrogen-bond donors (Lipinski definition) is 0. The van der Waals surface area contributed by atoms with E-state index in [1.165, 1.54) is 0 Å². The van der Waals surface area contributed by atoms with Crippen LogP contribution in [0.2, 0.25) is 15.3 Å². The summed E-state index contributed by atoms with van der Waals surface area (Å²) in [7, 11) is 0. The molecule has 1 aliphatic heterocycles. The number of hydrogen-bond acceptors (Lipinski definition) is 3. The third kappa shape index (κ3) is 2.52. The summed E-state index contributed by atoms with van der Waals surface area (Å²) in [6, 6.07) is 3.45. The normalized spacial score (nSPS) is 16.8. The zero-order valence-electron chi connectivity index (χ0n) is 11.0. The second-order valence-electron chi connectivity index (χ2n) is 4.68. The van der Waals surface area contributed by atoms with E-state index >= 15 is 0 Å². The molecule has 0 amide bonds. The van der Waals surface area contributed by atoms with Gasteiger partial charge in [0.05, 0.1) is 16.1 Å². The predicted molar refractivity (Wildman–Crippen MR) is 83.6 cm³/mol. The van der Waals surface area contributed by atoms with Crippen LogP contribution in [0.15, 0.2) is 24.8 Å². The second kappa shape index (κ2) is 5.87. The molecule has 0 aliphatic carbocycles. The monoisotopic (exact) mass is 343 g/mol. The number of fused-ring (bicyclic) bond motifs is 1. The zero-order chi connectivity index (χ0) is 15.0. The highest BCUT2D eigenvalue weighted by molar-refractivity contribution is 6.42. The number of ether oxygens (including phenoxy) is 1. The van der Waals surface area contributed by atoms with Gasteiger partial charge in [0.2, 0.25) is 5.28 Å². The largest absolute Gasteiger partial charge is 0.489 e. The van der Waals surface area contributed by atoms with E-state index in [9.17, 15) is 0 Å². The Bertz CT molecular complexity index is 699. The Morgan fingerprint density at radius 3 is 2.90 bits per heavy atom. The lowest BCUT2D eigenvalue weighted by Gasteiger charge is -2.20. The predicted octanol–water partition coefficient (Wildman–Crippen LogP) is 4.34. The first-order chi connectivity index (χ1) is 10.1. The van der Waals surface area contributed by atoms with Crippen LogP contribution in [0.25, 0.3) is 0 Å². The van der Waals surface area contributed by atoms with Crippen LogP contribution >= 0.6 is 34.8 Å². The molecule has 110 valence electrons. The number of nitrogens with zero attached hydrogens (tertiary/aromatic N) is 3. The maximum absolute atomic E-state index is 6.41. The first kappa shape index (κ1) is 14.7. The highest BCUT2D eigenvalue weighted by Gasteiger charge is 2.32. The summed E-state index contributed by atoms with van der Waals surface area (Å²) < 4.78 is 7.58. The summed E-state index contributed by atoms with van der Waals surface area (Å²) in [4.78, 5) is 0. The Labute approximate surface area is 137 Å². The Morgan fingerprint density at radius 2 is 2.14 bits per heavy atom. The first-order valence-electron chi connectivity index (χ1n) is 6.44. The van der Waals surface area contributed by atoms with E-state index in [4.69, 9.17) is 39.5 Å². The summed E-state index contributed by atoms with van der Waals surface area (Å²) in [6.45, 7) is 4.04. The van der Waals surface area contributed by atoms with Crippen molar-refractivity contribution in [1.82, 2.24) is 14.8 Å². The Kier molecular flexibility index (Phi) is 4.11. The maximum Gasteiger partial charge on any atom is 0.225 e. The lowest BCUT2D eigenvalue weighted by atomic mass is 10.0. The molecule has 2 heterocycles. The number of rotatable bonds is 4. The Hall–Kier alpha value is -1.23. The summed E-state index contributed by atoms with van der Waals surface area (Å²) in [5, 5.41) is 9.27. The first-order valence-corrected chi connectivity index (χ1v) is 7.57. The van der Waals surface area contributed by atoms with Gasteiger partial charge in [-0.05, 0) is 30.2 Å². The SMILES string of the molecule is C=CCOc1ccc(Cl)c(Cl)c1C1CCc2nnc(Cl)n21. The molecule has 0 saturated heterocycles. The topological polar surface area (TPSA) is 39.9 Å². The molecule has 0 saturated carbocycles. The van der Waals surface area contributed by atoms with E-state index in [1.807, 2.05) is 10.6 Å². The molecular formula is C14H12Cl3N3O. The smallest absolute Gasteiger partial charge is 0.225 e. The number of halogens is 3. The molecule has 2 aromatic rings. The van der Waals surface area contributed by atoms with Crippen LogP contribution < -0.4 is 4.74 Å². The molecule has 1 unspecified atom stereocenters. The van der Waals surface area contributed by atoms with E-state index in [-0.39, 0.29) is 6.04 Å². The van der Waals surface area contributed by atoms with E-state index in [0.29, 0.717) is 27.7 Å². The second-order valence-corrected chi connectivity index (χ2v) is 5.81. The molecule has 0 spiro atoms. The van der Waals surface area contributed by atoms with E-state index < -0.39 is 0 Å². The molecule has 3 rings (SSSR count). The van der Waals surface area contributed by atoms with Crippen LogP contribution in [0, 0.1) is 0 Å².